The zero-order valence-electron chi connectivity index (χ0n) is 23.7. The normalized spacial score (nSPS) is 43.6. The highest BCUT2D eigenvalue weighted by Crippen LogP contribution is 2.68. The highest BCUT2D eigenvalue weighted by molar-refractivity contribution is 5.89. The third kappa shape index (κ3) is 4.69. The summed E-state index contributed by atoms with van der Waals surface area (Å²) < 4.78 is 19.5. The molecule has 0 unspecified atom stereocenters. The molecule has 0 spiro atoms. The van der Waals surface area contributed by atoms with Gasteiger partial charge in [0.25, 0.3) is 0 Å². The number of benzene rings is 1. The van der Waals surface area contributed by atoms with Crippen molar-refractivity contribution in [2.45, 2.75) is 103 Å². The first-order chi connectivity index (χ1) is 18.7. The molecule has 0 radical (unpaired) electrons. The maximum absolute atomic E-state index is 13.4. The molecule has 10 atom stereocenters. The van der Waals surface area contributed by atoms with E-state index in [1.165, 1.54) is 0 Å². The van der Waals surface area contributed by atoms with Gasteiger partial charge >= 0.3 is 5.97 Å². The monoisotopic (exact) mass is 536 g/mol. The summed E-state index contributed by atoms with van der Waals surface area (Å²) >= 11 is 0. The Hall–Kier alpha value is -2.05. The minimum atomic E-state index is -0.305. The third-order valence-corrected chi connectivity index (χ3v) is 11.6. The number of Topliss-reactive ketones (excluding diaryl/α,β-unsaturated/α-hetero) is 2. The lowest BCUT2D eigenvalue weighted by Crippen LogP contribution is -2.64. The number of ether oxygens (including phenoxy) is 3. The molecule has 0 N–H and O–H groups in total. The molecule has 5 aliphatic rings. The van der Waals surface area contributed by atoms with Crippen LogP contribution in [0.2, 0.25) is 0 Å². The Labute approximate surface area is 232 Å². The highest BCUT2D eigenvalue weighted by atomic mass is 16.7. The lowest BCUT2D eigenvalue weighted by molar-refractivity contribution is -0.265. The number of carbonyl (C=O) groups excluding carboxylic acids is 3. The van der Waals surface area contributed by atoms with Gasteiger partial charge in [-0.2, -0.15) is 0 Å². The van der Waals surface area contributed by atoms with Crippen molar-refractivity contribution < 1.29 is 28.6 Å². The van der Waals surface area contributed by atoms with Crippen LogP contribution in [0.25, 0.3) is 0 Å². The topological polar surface area (TPSA) is 78.9 Å². The molecule has 0 bridgehead atoms. The van der Waals surface area contributed by atoms with E-state index in [0.29, 0.717) is 37.2 Å². The molecule has 5 fully saturated rings. The molecule has 1 saturated heterocycles. The summed E-state index contributed by atoms with van der Waals surface area (Å²) in [6.07, 6.45) is 7.76. The number of hydrogen-bond acceptors (Lipinski definition) is 6. The Morgan fingerprint density at radius 2 is 1.79 bits per heavy atom. The molecule has 6 nitrogen and oxygen atoms in total. The van der Waals surface area contributed by atoms with Gasteiger partial charge in [0, 0.05) is 31.3 Å². The molecule has 1 aliphatic heterocycles. The van der Waals surface area contributed by atoms with Gasteiger partial charge in [-0.1, -0.05) is 32.0 Å². The van der Waals surface area contributed by atoms with Crippen LogP contribution in [0.5, 0.6) is 0 Å². The summed E-state index contributed by atoms with van der Waals surface area (Å²) in [7, 11) is 0. The molecular formula is C33H44O6. The van der Waals surface area contributed by atoms with E-state index >= 15 is 0 Å². The molecule has 1 aromatic rings. The van der Waals surface area contributed by atoms with Gasteiger partial charge in [0.1, 0.15) is 17.7 Å². The standard InChI is InChI=1S/C33H44O6/c1-20(34)24-12-13-25-29-26(39-31(36)21-9-5-4-6-10-21)18-22-17-23(35)14-15-32(22,2)30(29)27(19-33(24,25)3)38-28-11-7-8-16-37-28/h4-6,9-10,22,24-30H,7-8,11-19H2,1-3H3/t22-,24+,25-,26-,27+,28+,29+,30-,32-,33+/m0/s1. The number of esters is 1. The lowest BCUT2D eigenvalue weighted by Gasteiger charge is -2.64. The van der Waals surface area contributed by atoms with Crippen LogP contribution >= 0.6 is 0 Å². The average Bonchev–Trinajstić information content (AvgIpc) is 3.27. The van der Waals surface area contributed by atoms with E-state index in [1.54, 1.807) is 19.1 Å². The number of ketones is 2. The van der Waals surface area contributed by atoms with E-state index in [4.69, 9.17) is 14.2 Å². The van der Waals surface area contributed by atoms with E-state index in [1.807, 2.05) is 18.2 Å². The predicted octanol–water partition coefficient (Wildman–Crippen LogP) is 6.16. The summed E-state index contributed by atoms with van der Waals surface area (Å²) in [6, 6.07) is 9.22. The summed E-state index contributed by atoms with van der Waals surface area (Å²) in [5.74, 6) is 0.921. The molecule has 212 valence electrons. The van der Waals surface area contributed by atoms with Crippen molar-refractivity contribution in [3.05, 3.63) is 35.9 Å². The fourth-order valence-corrected chi connectivity index (χ4v) is 9.78. The molecule has 39 heavy (non-hydrogen) atoms. The Bertz CT molecular complexity index is 1090. The molecule has 6 rings (SSSR count). The Morgan fingerprint density at radius 1 is 1.00 bits per heavy atom. The second kappa shape index (κ2) is 10.4. The largest absolute Gasteiger partial charge is 0.458 e. The number of rotatable bonds is 5. The number of carbonyl (C=O) groups is 3. The zero-order chi connectivity index (χ0) is 27.4. The van der Waals surface area contributed by atoms with E-state index < -0.39 is 0 Å². The van der Waals surface area contributed by atoms with Gasteiger partial charge < -0.3 is 14.2 Å². The van der Waals surface area contributed by atoms with E-state index in [0.717, 1.165) is 44.9 Å². The lowest BCUT2D eigenvalue weighted by atomic mass is 9.43. The smallest absolute Gasteiger partial charge is 0.338 e. The summed E-state index contributed by atoms with van der Waals surface area (Å²) in [5.41, 5.74) is 0.262. The first-order valence-electron chi connectivity index (χ1n) is 15.3. The van der Waals surface area contributed by atoms with Gasteiger partial charge in [0.2, 0.25) is 0 Å². The van der Waals surface area contributed by atoms with Crippen LogP contribution in [0.3, 0.4) is 0 Å². The van der Waals surface area contributed by atoms with Crippen molar-refractivity contribution in [3.8, 4) is 0 Å². The van der Waals surface area contributed by atoms with E-state index in [-0.39, 0.29) is 70.7 Å². The minimum Gasteiger partial charge on any atom is -0.458 e. The first-order valence-corrected chi connectivity index (χ1v) is 15.3. The second-order valence-corrected chi connectivity index (χ2v) is 13.6. The fourth-order valence-electron chi connectivity index (χ4n) is 9.78. The van der Waals surface area contributed by atoms with Crippen molar-refractivity contribution in [1.29, 1.82) is 0 Å². The van der Waals surface area contributed by atoms with Crippen LogP contribution in [0.1, 0.15) is 95.3 Å². The van der Waals surface area contributed by atoms with E-state index in [2.05, 4.69) is 13.8 Å². The molecule has 1 heterocycles. The van der Waals surface area contributed by atoms with Crippen LogP contribution in [-0.4, -0.2) is 42.6 Å². The summed E-state index contributed by atoms with van der Waals surface area (Å²) in [5, 5.41) is 0. The van der Waals surface area contributed by atoms with E-state index in [9.17, 15) is 14.4 Å². The molecule has 6 heteroatoms. The molecule has 1 aromatic carbocycles. The Kier molecular flexibility index (Phi) is 7.24. The van der Waals surface area contributed by atoms with Crippen molar-refractivity contribution in [2.75, 3.05) is 6.61 Å². The minimum absolute atomic E-state index is 0.00855. The number of hydrogen-bond donors (Lipinski definition) is 0. The molecule has 4 saturated carbocycles. The van der Waals surface area contributed by atoms with Gasteiger partial charge in [0.05, 0.1) is 11.7 Å². The van der Waals surface area contributed by atoms with Crippen LogP contribution in [0.15, 0.2) is 30.3 Å². The predicted molar refractivity (Wildman–Crippen MR) is 146 cm³/mol. The SMILES string of the molecule is CC(=O)[C@H]1CC[C@H]2[C@H]3[C@H]([C@H](O[C@@H]4CCCCO4)C[C@]12C)[C@@]1(C)CCC(=O)C[C@H]1C[C@@H]3OC(=O)c1ccccc1. The van der Waals surface area contributed by atoms with Gasteiger partial charge in [-0.25, -0.2) is 4.79 Å². The molecule has 4 aliphatic carbocycles. The van der Waals surface area contributed by atoms with Crippen molar-refractivity contribution in [1.82, 2.24) is 0 Å². The maximum atomic E-state index is 13.4. The second-order valence-electron chi connectivity index (χ2n) is 13.6. The van der Waals surface area contributed by atoms with Crippen LogP contribution in [0.4, 0.5) is 0 Å². The Morgan fingerprint density at radius 3 is 2.51 bits per heavy atom. The van der Waals surface area contributed by atoms with Crippen molar-refractivity contribution in [2.24, 2.45) is 40.4 Å². The highest BCUT2D eigenvalue weighted by Gasteiger charge is 2.67. The Balaban J connectivity index is 1.41. The maximum Gasteiger partial charge on any atom is 0.338 e. The number of fused-ring (bicyclic) bond motifs is 5. The zero-order valence-corrected chi connectivity index (χ0v) is 23.7. The molecule has 0 amide bonds. The van der Waals surface area contributed by atoms with Gasteiger partial charge in [-0.15, -0.1) is 0 Å². The average molecular weight is 537 g/mol. The third-order valence-electron chi connectivity index (χ3n) is 11.6. The van der Waals surface area contributed by atoms with Gasteiger partial charge in [-0.3, -0.25) is 9.59 Å². The molecule has 0 aromatic heterocycles. The fraction of sp³-hybridized carbons (Fsp3) is 0.727. The van der Waals surface area contributed by atoms with Crippen LogP contribution in [-0.2, 0) is 23.8 Å². The van der Waals surface area contributed by atoms with Crippen molar-refractivity contribution >= 4 is 17.5 Å². The summed E-state index contributed by atoms with van der Waals surface area (Å²) in [6.45, 7) is 7.12. The van der Waals surface area contributed by atoms with Gasteiger partial charge in [-0.05, 0) is 99.0 Å². The first kappa shape index (κ1) is 27.1. The quantitative estimate of drug-likeness (QED) is 0.420. The van der Waals surface area contributed by atoms with Crippen molar-refractivity contribution in [3.63, 3.8) is 0 Å². The molecular weight excluding hydrogens is 492 g/mol. The summed E-state index contributed by atoms with van der Waals surface area (Å²) in [4.78, 5) is 39.1. The van der Waals surface area contributed by atoms with Crippen LogP contribution < -0.4 is 0 Å². The van der Waals surface area contributed by atoms with Crippen LogP contribution in [0, 0.1) is 40.4 Å². The van der Waals surface area contributed by atoms with Gasteiger partial charge in [0.15, 0.2) is 6.29 Å².